The zero-order valence-electron chi connectivity index (χ0n) is 6.50. The molecule has 3 heteroatoms. The summed E-state index contributed by atoms with van der Waals surface area (Å²) in [5.74, 6) is 0. The summed E-state index contributed by atoms with van der Waals surface area (Å²) in [7, 11) is 0. The molecule has 0 aromatic carbocycles. The molecule has 0 radical (unpaired) electrons. The van der Waals surface area contributed by atoms with E-state index < -0.39 is 6.48 Å². The van der Waals surface area contributed by atoms with Gasteiger partial charge in [0.1, 0.15) is 0 Å². The molecule has 0 aliphatic carbocycles. The Morgan fingerprint density at radius 1 is 1.30 bits per heavy atom. The molecule has 3 nitrogen and oxygen atoms in total. The van der Waals surface area contributed by atoms with Crippen molar-refractivity contribution in [2.24, 2.45) is 0 Å². The molecule has 10 heavy (non-hydrogen) atoms. The van der Waals surface area contributed by atoms with Gasteiger partial charge in [-0.2, -0.15) is 0 Å². The summed E-state index contributed by atoms with van der Waals surface area (Å²) in [6.07, 6.45) is 1.30. The Labute approximate surface area is 61.6 Å². The van der Waals surface area contributed by atoms with Gasteiger partial charge in [-0.3, -0.25) is 0 Å². The molecule has 0 saturated heterocycles. The Hall–Kier alpha value is -0.540. The lowest BCUT2D eigenvalue weighted by atomic mass is 10.8. The van der Waals surface area contributed by atoms with Crippen molar-refractivity contribution in [1.29, 1.82) is 0 Å². The van der Waals surface area contributed by atoms with E-state index in [0.717, 1.165) is 0 Å². The van der Waals surface area contributed by atoms with Crippen molar-refractivity contribution in [3.05, 3.63) is 12.8 Å². The topological polar surface area (TPSA) is 27.7 Å². The summed E-state index contributed by atoms with van der Waals surface area (Å²) in [6, 6.07) is 0. The fraction of sp³-hybridized carbons (Fsp3) is 0.714. The second-order valence-corrected chi connectivity index (χ2v) is 1.50. The standard InChI is InChI=1S/C7H14O3/c1-4-8-7(9-5-2)10-6-3/h4,7H,1,5-6H2,2-3H3. The maximum Gasteiger partial charge on any atom is 0.315 e. The number of hydrogen-bond acceptors (Lipinski definition) is 3. The first-order valence-electron chi connectivity index (χ1n) is 3.34. The molecular formula is C7H14O3. The van der Waals surface area contributed by atoms with E-state index in [0.29, 0.717) is 13.2 Å². The molecule has 0 saturated carbocycles. The molecule has 0 atom stereocenters. The molecule has 0 N–H and O–H groups in total. The first-order chi connectivity index (χ1) is 4.85. The van der Waals surface area contributed by atoms with Crippen LogP contribution in [0.4, 0.5) is 0 Å². The molecule has 0 unspecified atom stereocenters. The predicted molar refractivity (Wildman–Crippen MR) is 38.3 cm³/mol. The average molecular weight is 146 g/mol. The second-order valence-electron chi connectivity index (χ2n) is 1.50. The van der Waals surface area contributed by atoms with Crippen molar-refractivity contribution >= 4 is 0 Å². The van der Waals surface area contributed by atoms with Crippen LogP contribution in [0.1, 0.15) is 13.8 Å². The van der Waals surface area contributed by atoms with Gasteiger partial charge in [-0.05, 0) is 13.8 Å². The van der Waals surface area contributed by atoms with E-state index in [1.165, 1.54) is 6.26 Å². The normalized spacial score (nSPS) is 9.90. The molecule has 0 aromatic rings. The summed E-state index contributed by atoms with van der Waals surface area (Å²) in [5, 5.41) is 0. The van der Waals surface area contributed by atoms with E-state index in [1.54, 1.807) is 0 Å². The van der Waals surface area contributed by atoms with Gasteiger partial charge in [-0.15, -0.1) is 0 Å². The maximum absolute atomic E-state index is 5.01. The monoisotopic (exact) mass is 146 g/mol. The highest BCUT2D eigenvalue weighted by atomic mass is 16.8. The highest BCUT2D eigenvalue weighted by Crippen LogP contribution is 1.96. The van der Waals surface area contributed by atoms with Crippen LogP contribution in [-0.4, -0.2) is 19.7 Å². The van der Waals surface area contributed by atoms with Crippen LogP contribution in [0.5, 0.6) is 0 Å². The summed E-state index contributed by atoms with van der Waals surface area (Å²) >= 11 is 0. The molecule has 0 fully saturated rings. The quantitative estimate of drug-likeness (QED) is 0.420. The van der Waals surface area contributed by atoms with Gasteiger partial charge in [-0.1, -0.05) is 6.58 Å². The van der Waals surface area contributed by atoms with Crippen molar-refractivity contribution in [3.63, 3.8) is 0 Å². The Balaban J connectivity index is 3.38. The van der Waals surface area contributed by atoms with Crippen molar-refractivity contribution in [3.8, 4) is 0 Å². The predicted octanol–water partition coefficient (Wildman–Crippen LogP) is 1.50. The first-order valence-corrected chi connectivity index (χ1v) is 3.34. The van der Waals surface area contributed by atoms with Crippen molar-refractivity contribution < 1.29 is 14.2 Å². The van der Waals surface area contributed by atoms with Crippen LogP contribution in [0, 0.1) is 0 Å². The lowest BCUT2D eigenvalue weighted by Gasteiger charge is -2.14. The van der Waals surface area contributed by atoms with E-state index in [-0.39, 0.29) is 0 Å². The smallest absolute Gasteiger partial charge is 0.315 e. The Morgan fingerprint density at radius 2 is 1.80 bits per heavy atom. The zero-order valence-corrected chi connectivity index (χ0v) is 6.50. The number of ether oxygens (including phenoxy) is 3. The van der Waals surface area contributed by atoms with E-state index in [9.17, 15) is 0 Å². The maximum atomic E-state index is 5.01. The Bertz CT molecular complexity index is 76.9. The van der Waals surface area contributed by atoms with Gasteiger partial charge in [0.2, 0.25) is 0 Å². The van der Waals surface area contributed by atoms with Crippen LogP contribution >= 0.6 is 0 Å². The molecule has 0 heterocycles. The van der Waals surface area contributed by atoms with Crippen LogP contribution in [0.25, 0.3) is 0 Å². The molecule has 0 amide bonds. The largest absolute Gasteiger partial charge is 0.450 e. The van der Waals surface area contributed by atoms with E-state index in [4.69, 9.17) is 14.2 Å². The van der Waals surface area contributed by atoms with Gasteiger partial charge in [0, 0.05) is 0 Å². The van der Waals surface area contributed by atoms with Crippen molar-refractivity contribution in [2.45, 2.75) is 20.3 Å². The molecular weight excluding hydrogens is 132 g/mol. The summed E-state index contributed by atoms with van der Waals surface area (Å²) in [5.41, 5.74) is 0. The minimum atomic E-state index is -0.590. The lowest BCUT2D eigenvalue weighted by Crippen LogP contribution is -2.18. The molecule has 0 rings (SSSR count). The van der Waals surface area contributed by atoms with Gasteiger partial charge in [0.15, 0.2) is 0 Å². The SMILES string of the molecule is C=COC(OCC)OCC. The van der Waals surface area contributed by atoms with Crippen LogP contribution < -0.4 is 0 Å². The molecule has 0 aliphatic heterocycles. The lowest BCUT2D eigenvalue weighted by molar-refractivity contribution is -0.261. The Morgan fingerprint density at radius 3 is 2.10 bits per heavy atom. The minimum absolute atomic E-state index is 0.568. The summed E-state index contributed by atoms with van der Waals surface area (Å²) < 4.78 is 14.9. The van der Waals surface area contributed by atoms with Gasteiger partial charge < -0.3 is 14.2 Å². The third-order valence-corrected chi connectivity index (χ3v) is 0.813. The van der Waals surface area contributed by atoms with E-state index in [2.05, 4.69) is 6.58 Å². The van der Waals surface area contributed by atoms with Gasteiger partial charge in [0.05, 0.1) is 19.5 Å². The number of hydrogen-bond donors (Lipinski definition) is 0. The third-order valence-electron chi connectivity index (χ3n) is 0.813. The highest BCUT2D eigenvalue weighted by molar-refractivity contribution is 4.47. The molecule has 0 aromatic heterocycles. The van der Waals surface area contributed by atoms with Crippen LogP contribution in [0.15, 0.2) is 12.8 Å². The van der Waals surface area contributed by atoms with Gasteiger partial charge in [0.25, 0.3) is 0 Å². The fourth-order valence-corrected chi connectivity index (χ4v) is 0.477. The van der Waals surface area contributed by atoms with Crippen LogP contribution in [0.2, 0.25) is 0 Å². The van der Waals surface area contributed by atoms with E-state index >= 15 is 0 Å². The average Bonchev–Trinajstić information content (AvgIpc) is 1.90. The fourth-order valence-electron chi connectivity index (χ4n) is 0.477. The Kier molecular flexibility index (Phi) is 6.22. The van der Waals surface area contributed by atoms with Gasteiger partial charge >= 0.3 is 6.48 Å². The summed E-state index contributed by atoms with van der Waals surface area (Å²) in [6.45, 7) is 7.68. The third kappa shape index (κ3) is 4.35. The van der Waals surface area contributed by atoms with Crippen molar-refractivity contribution in [2.75, 3.05) is 13.2 Å². The highest BCUT2D eigenvalue weighted by Gasteiger charge is 2.03. The number of rotatable bonds is 6. The molecule has 0 aliphatic rings. The molecule has 0 spiro atoms. The van der Waals surface area contributed by atoms with Crippen LogP contribution in [-0.2, 0) is 14.2 Å². The van der Waals surface area contributed by atoms with Crippen molar-refractivity contribution in [1.82, 2.24) is 0 Å². The summed E-state index contributed by atoms with van der Waals surface area (Å²) in [4.78, 5) is 0. The van der Waals surface area contributed by atoms with E-state index in [1.807, 2.05) is 13.8 Å². The van der Waals surface area contributed by atoms with Crippen LogP contribution in [0.3, 0.4) is 0 Å². The minimum Gasteiger partial charge on any atom is -0.450 e. The zero-order chi connectivity index (χ0) is 7.82. The molecule has 60 valence electrons. The van der Waals surface area contributed by atoms with Gasteiger partial charge in [-0.25, -0.2) is 0 Å². The second kappa shape index (κ2) is 6.58. The first kappa shape index (κ1) is 9.46. The molecule has 0 bridgehead atoms.